The third-order valence-corrected chi connectivity index (χ3v) is 6.28. The number of ether oxygens (including phenoxy) is 1. The van der Waals surface area contributed by atoms with Gasteiger partial charge in [-0.25, -0.2) is 9.82 Å². The molecule has 11 heteroatoms. The quantitative estimate of drug-likeness (QED) is 0.586. The van der Waals surface area contributed by atoms with Crippen LogP contribution >= 0.6 is 23.2 Å². The van der Waals surface area contributed by atoms with Crippen LogP contribution in [0.15, 0.2) is 45.6 Å². The van der Waals surface area contributed by atoms with Crippen molar-refractivity contribution in [2.45, 2.75) is 13.0 Å². The van der Waals surface area contributed by atoms with Gasteiger partial charge in [0.1, 0.15) is 11.7 Å². The van der Waals surface area contributed by atoms with E-state index in [1.807, 2.05) is 4.90 Å². The van der Waals surface area contributed by atoms with Gasteiger partial charge in [-0.05, 0) is 38.2 Å². The van der Waals surface area contributed by atoms with Crippen LogP contribution < -0.4 is 16.9 Å². The maximum absolute atomic E-state index is 14.0. The van der Waals surface area contributed by atoms with E-state index in [0.717, 1.165) is 19.5 Å². The Morgan fingerprint density at radius 1 is 1.39 bits per heavy atom. The molecule has 0 aliphatic carbocycles. The summed E-state index contributed by atoms with van der Waals surface area (Å²) in [5, 5.41) is 4.64. The van der Waals surface area contributed by atoms with Crippen LogP contribution in [0.25, 0.3) is 0 Å². The number of nitrogens with one attached hydrogen (secondary N) is 1. The molecule has 0 saturated carbocycles. The fraction of sp³-hybridized carbons (Fsp3) is 0.400. The van der Waals surface area contributed by atoms with Crippen LogP contribution in [0.2, 0.25) is 10.0 Å². The Morgan fingerprint density at radius 3 is 2.94 bits per heavy atom. The van der Waals surface area contributed by atoms with Crippen LogP contribution in [-0.2, 0) is 11.3 Å². The zero-order valence-electron chi connectivity index (χ0n) is 17.0. The zero-order valence-corrected chi connectivity index (χ0v) is 18.5. The van der Waals surface area contributed by atoms with Crippen molar-refractivity contribution in [3.63, 3.8) is 0 Å². The molecule has 1 atom stereocenters. The molecule has 1 aromatic rings. The largest absolute Gasteiger partial charge is 0.421 e. The molecule has 8 nitrogen and oxygen atoms in total. The standard InChI is InChI=1S/C20H24Cl2FN7O/c1-29-6-4-11(9-29)19-27-28-20(31-19)15(24)8-16-18(25)26-5-7-30(16)10-12-13(21)2-3-14(23)17(12)22/h2-3,8,11,28H,4-7,9-10,24H2,1H3,(H2,25,26). The lowest BCUT2D eigenvalue weighted by Gasteiger charge is -2.30. The Bertz CT molecular complexity index is 1010. The van der Waals surface area contributed by atoms with Gasteiger partial charge in [0.2, 0.25) is 11.8 Å². The van der Waals surface area contributed by atoms with Crippen LogP contribution in [-0.4, -0.2) is 54.8 Å². The predicted molar refractivity (Wildman–Crippen MR) is 120 cm³/mol. The molecule has 0 aromatic heterocycles. The monoisotopic (exact) mass is 467 g/mol. The molecule has 0 spiro atoms. The van der Waals surface area contributed by atoms with Crippen molar-refractivity contribution in [2.75, 3.05) is 33.2 Å². The third kappa shape index (κ3) is 4.58. The molecule has 166 valence electrons. The predicted octanol–water partition coefficient (Wildman–Crippen LogP) is 2.20. The number of aliphatic imine (C=N–C) groups is 1. The van der Waals surface area contributed by atoms with Crippen LogP contribution in [0.1, 0.15) is 12.0 Å². The van der Waals surface area contributed by atoms with E-state index in [1.54, 1.807) is 6.08 Å². The molecule has 1 unspecified atom stereocenters. The second-order valence-corrected chi connectivity index (χ2v) is 8.52. The van der Waals surface area contributed by atoms with Crippen molar-refractivity contribution >= 4 is 34.9 Å². The van der Waals surface area contributed by atoms with Crippen molar-refractivity contribution in [2.24, 2.45) is 27.5 Å². The van der Waals surface area contributed by atoms with E-state index in [9.17, 15) is 4.39 Å². The number of nitrogens with zero attached hydrogens (tertiary/aromatic N) is 4. The summed E-state index contributed by atoms with van der Waals surface area (Å²) in [5.41, 5.74) is 16.7. The molecule has 3 aliphatic heterocycles. The normalized spacial score (nSPS) is 24.7. The third-order valence-electron chi connectivity index (χ3n) is 5.51. The Morgan fingerprint density at radius 2 is 2.19 bits per heavy atom. The van der Waals surface area contributed by atoms with Gasteiger partial charge in [0.15, 0.2) is 0 Å². The van der Waals surface area contributed by atoms with E-state index in [0.29, 0.717) is 52.7 Å². The van der Waals surface area contributed by atoms with E-state index >= 15 is 0 Å². The smallest absolute Gasteiger partial charge is 0.238 e. The average molecular weight is 468 g/mol. The molecule has 4 rings (SSSR count). The first-order chi connectivity index (χ1) is 14.8. The molecule has 0 radical (unpaired) electrons. The van der Waals surface area contributed by atoms with Crippen LogP contribution in [0.5, 0.6) is 0 Å². The number of rotatable bonds is 4. The topological polar surface area (TPSA) is 104 Å². The van der Waals surface area contributed by atoms with Gasteiger partial charge >= 0.3 is 0 Å². The van der Waals surface area contributed by atoms with Crippen molar-refractivity contribution in [1.29, 1.82) is 0 Å². The molecule has 31 heavy (non-hydrogen) atoms. The molecular weight excluding hydrogens is 444 g/mol. The van der Waals surface area contributed by atoms with Crippen molar-refractivity contribution < 1.29 is 9.13 Å². The minimum atomic E-state index is -0.530. The maximum atomic E-state index is 14.0. The number of nitrogens with two attached hydrogens (primary N) is 2. The van der Waals surface area contributed by atoms with E-state index in [2.05, 4.69) is 27.5 Å². The summed E-state index contributed by atoms with van der Waals surface area (Å²) in [7, 11) is 2.06. The highest BCUT2D eigenvalue weighted by Gasteiger charge is 2.30. The van der Waals surface area contributed by atoms with E-state index < -0.39 is 5.82 Å². The first-order valence-corrected chi connectivity index (χ1v) is 10.7. The number of hydrazone groups is 1. The number of likely N-dealkylation sites (tertiary alicyclic amines) is 1. The maximum Gasteiger partial charge on any atom is 0.238 e. The van der Waals surface area contributed by atoms with E-state index in [4.69, 9.17) is 39.4 Å². The summed E-state index contributed by atoms with van der Waals surface area (Å²) in [4.78, 5) is 8.44. The highest BCUT2D eigenvalue weighted by atomic mass is 35.5. The van der Waals surface area contributed by atoms with Gasteiger partial charge in [0.05, 0.1) is 28.9 Å². The number of halogens is 3. The average Bonchev–Trinajstić information content (AvgIpc) is 3.39. The van der Waals surface area contributed by atoms with Gasteiger partial charge < -0.3 is 26.0 Å². The van der Waals surface area contributed by atoms with Gasteiger partial charge in [-0.1, -0.05) is 23.2 Å². The summed E-state index contributed by atoms with van der Waals surface area (Å²) < 4.78 is 19.8. The van der Waals surface area contributed by atoms with Crippen LogP contribution in [0.3, 0.4) is 0 Å². The Labute approximate surface area is 190 Å². The minimum Gasteiger partial charge on any atom is -0.421 e. The number of allylic oxidation sites excluding steroid dienone is 1. The minimum absolute atomic E-state index is 0.0142. The summed E-state index contributed by atoms with van der Waals surface area (Å²) in [5.74, 6) is 0.983. The van der Waals surface area contributed by atoms with Crippen molar-refractivity contribution in [1.82, 2.24) is 15.2 Å². The molecule has 1 aromatic carbocycles. The van der Waals surface area contributed by atoms with Crippen LogP contribution in [0.4, 0.5) is 4.39 Å². The highest BCUT2D eigenvalue weighted by molar-refractivity contribution is 6.36. The molecule has 5 N–H and O–H groups in total. The first-order valence-electron chi connectivity index (χ1n) is 9.92. The van der Waals surface area contributed by atoms with Crippen molar-refractivity contribution in [3.8, 4) is 0 Å². The second kappa shape index (κ2) is 8.94. The number of hydrogen-bond acceptors (Lipinski definition) is 8. The molecule has 3 aliphatic rings. The summed E-state index contributed by atoms with van der Waals surface area (Å²) in [6, 6.07) is 2.72. The Kier molecular flexibility index (Phi) is 6.27. The van der Waals surface area contributed by atoms with Crippen molar-refractivity contribution in [3.05, 3.63) is 56.9 Å². The lowest BCUT2D eigenvalue weighted by Crippen LogP contribution is -2.38. The van der Waals surface area contributed by atoms with E-state index in [-0.39, 0.29) is 17.5 Å². The van der Waals surface area contributed by atoms with Gasteiger partial charge in [-0.3, -0.25) is 4.99 Å². The molecular formula is C20H24Cl2FN7O. The molecule has 0 amide bonds. The second-order valence-electron chi connectivity index (χ2n) is 7.74. The summed E-state index contributed by atoms with van der Waals surface area (Å²) in [6.07, 6.45) is 2.65. The number of hydrogen-bond donors (Lipinski definition) is 3. The fourth-order valence-electron chi connectivity index (χ4n) is 3.79. The molecule has 3 heterocycles. The lowest BCUT2D eigenvalue weighted by molar-refractivity contribution is 0.350. The Hall–Kier alpha value is -2.49. The van der Waals surface area contributed by atoms with Gasteiger partial charge in [-0.2, -0.15) is 0 Å². The molecule has 1 saturated heterocycles. The fourth-order valence-corrected chi connectivity index (χ4v) is 4.28. The zero-order chi connectivity index (χ0) is 22.1. The van der Waals surface area contributed by atoms with Crippen LogP contribution in [0, 0.1) is 11.7 Å². The Balaban J connectivity index is 1.56. The number of amidine groups is 1. The molecule has 1 fully saturated rings. The lowest BCUT2D eigenvalue weighted by atomic mass is 10.1. The van der Waals surface area contributed by atoms with Gasteiger partial charge in [-0.15, -0.1) is 5.10 Å². The SMILES string of the molecule is CN1CCC(C2=NNC(=C(N)C=C3C(N)=NCCN3Cc3c(Cl)ccc(F)c3Cl)O2)C1. The van der Waals surface area contributed by atoms with Gasteiger partial charge in [0.25, 0.3) is 0 Å². The molecule has 0 bridgehead atoms. The van der Waals surface area contributed by atoms with Gasteiger partial charge in [0, 0.05) is 30.2 Å². The van der Waals surface area contributed by atoms with E-state index in [1.165, 1.54) is 12.1 Å². The summed E-state index contributed by atoms with van der Waals surface area (Å²) >= 11 is 12.4. The first kappa shape index (κ1) is 21.7. The number of benzene rings is 1. The summed E-state index contributed by atoms with van der Waals surface area (Å²) in [6.45, 7) is 3.17. The highest BCUT2D eigenvalue weighted by Crippen LogP contribution is 2.30.